The van der Waals surface area contributed by atoms with E-state index >= 15 is 0 Å². The van der Waals surface area contributed by atoms with Crippen LogP contribution in [0.3, 0.4) is 0 Å². The summed E-state index contributed by atoms with van der Waals surface area (Å²) in [5.41, 5.74) is 1.12. The number of rotatable bonds is 8. The van der Waals surface area contributed by atoms with Crippen molar-refractivity contribution in [3.63, 3.8) is 0 Å². The third kappa shape index (κ3) is 5.01. The lowest BCUT2D eigenvalue weighted by Gasteiger charge is -2.52. The van der Waals surface area contributed by atoms with E-state index in [9.17, 15) is 11.0 Å². The first-order valence-corrected chi connectivity index (χ1v) is 14.4. The molecule has 0 radical (unpaired) electrons. The monoisotopic (exact) mass is 614 g/mol. The predicted molar refractivity (Wildman–Crippen MR) is 161 cm³/mol. The number of aromatic amines is 1. The fourth-order valence-corrected chi connectivity index (χ4v) is 7.10. The van der Waals surface area contributed by atoms with Gasteiger partial charge in [-0.15, -0.1) is 0 Å². The highest BCUT2D eigenvalue weighted by atomic mass is 16.6. The summed E-state index contributed by atoms with van der Waals surface area (Å²) in [4.78, 5) is 32.6. The Morgan fingerprint density at radius 2 is 1.73 bits per heavy atom. The van der Waals surface area contributed by atoms with Gasteiger partial charge in [-0.2, -0.15) is 0 Å². The molecule has 44 heavy (non-hydrogen) atoms. The predicted octanol–water partition coefficient (Wildman–Crippen LogP) is 4.17. The van der Waals surface area contributed by atoms with Crippen molar-refractivity contribution >= 4 is 22.8 Å². The molecule has 2 aliphatic heterocycles. The molecular weight excluding hydrogens is 568 g/mol. The van der Waals surface area contributed by atoms with Crippen molar-refractivity contribution in [1.82, 2.24) is 9.88 Å². The Balaban J connectivity index is 1.38. The summed E-state index contributed by atoms with van der Waals surface area (Å²) < 4.78 is 91.4. The Hall–Kier alpha value is -3.96. The Kier molecular flexibility index (Phi) is 6.50. The van der Waals surface area contributed by atoms with E-state index in [1.807, 2.05) is 4.90 Å². The van der Waals surface area contributed by atoms with Gasteiger partial charge in [-0.3, -0.25) is 9.69 Å². The summed E-state index contributed by atoms with van der Waals surface area (Å²) in [6.07, 6.45) is -1.10. The fourth-order valence-electron chi connectivity index (χ4n) is 7.10. The molecule has 1 aromatic heterocycles. The fraction of sp³-hybridized carbons (Fsp3) is 0.515. The van der Waals surface area contributed by atoms with E-state index in [2.05, 4.69) is 4.98 Å². The number of benzene rings is 2. The SMILES string of the molecule is [2H]c1c(OC)c(OC)c(OC)c([2H])c1C(=O)O[C@@H]1C[C@@H]2CN3CCc4c([nH]c5c([2H])c(OC)c([2H])c([2H])c45)[C@]3([2H])C[C@@H]2[C@H](C(=O)OC)[C@H]1OC. The van der Waals surface area contributed by atoms with Gasteiger partial charge in [-0.05, 0) is 60.8 Å². The van der Waals surface area contributed by atoms with Crippen molar-refractivity contribution in [1.29, 1.82) is 0 Å². The number of methoxy groups -OCH3 is 6. The van der Waals surface area contributed by atoms with Crippen LogP contribution in [-0.2, 0) is 25.4 Å². The van der Waals surface area contributed by atoms with Crippen LogP contribution in [0.5, 0.6) is 23.0 Å². The lowest BCUT2D eigenvalue weighted by Crippen LogP contribution is -2.58. The van der Waals surface area contributed by atoms with Crippen LogP contribution in [0.4, 0.5) is 0 Å². The quantitative estimate of drug-likeness (QED) is 0.371. The van der Waals surface area contributed by atoms with Crippen LogP contribution in [0.1, 0.15) is 48.7 Å². The number of carbonyl (C=O) groups excluding carboxylic acids is 2. The minimum atomic E-state index is -1.38. The average Bonchev–Trinajstić information content (AvgIpc) is 3.50. The zero-order valence-corrected chi connectivity index (χ0v) is 25.5. The average molecular weight is 615 g/mol. The molecule has 2 aromatic carbocycles. The van der Waals surface area contributed by atoms with Crippen molar-refractivity contribution in [3.8, 4) is 23.0 Å². The van der Waals surface area contributed by atoms with E-state index in [1.54, 1.807) is 0 Å². The number of hydrogen-bond acceptors (Lipinski definition) is 10. The van der Waals surface area contributed by atoms with Gasteiger partial charge in [-0.25, -0.2) is 4.79 Å². The Bertz CT molecular complexity index is 1840. The molecule has 6 atom stereocenters. The molecule has 1 saturated heterocycles. The molecule has 3 aliphatic rings. The van der Waals surface area contributed by atoms with Crippen LogP contribution in [0.2, 0.25) is 0 Å². The summed E-state index contributed by atoms with van der Waals surface area (Å²) in [6.45, 7) is 0.794. The van der Waals surface area contributed by atoms with E-state index in [0.29, 0.717) is 41.7 Å². The number of aromatic nitrogens is 1. The Morgan fingerprint density at radius 3 is 2.36 bits per heavy atom. The third-order valence-electron chi connectivity index (χ3n) is 9.07. The molecule has 3 aromatic rings. The van der Waals surface area contributed by atoms with Gasteiger partial charge in [0, 0.05) is 42.8 Å². The van der Waals surface area contributed by atoms with Gasteiger partial charge in [0.25, 0.3) is 0 Å². The van der Waals surface area contributed by atoms with Crippen molar-refractivity contribution in [2.24, 2.45) is 17.8 Å². The highest BCUT2D eigenvalue weighted by molar-refractivity contribution is 5.91. The molecule has 1 N–H and O–H groups in total. The Labute approximate surface area is 265 Å². The standard InChI is InChI=1S/C33H40N2O9/c1-38-19-7-8-20-21-9-10-35-16-18-13-27(44-32(36)17-11-25(39-2)30(41-4)26(12-17)40-3)31(42-5)28(33(37)43-6)22(18)15-24(35)29(21)34-23(20)14-19/h7-8,11-12,14,18,22,24,27-28,31,34H,9-10,13,15-16H2,1-6H3/t18-,22+,24+,27-,28+,31+/m1/s1/i7D,8D,11D,12D,14D,24D. The largest absolute Gasteiger partial charge is 0.497 e. The smallest absolute Gasteiger partial charge is 0.338 e. The first-order chi connectivity index (χ1) is 23.8. The zero-order valence-electron chi connectivity index (χ0n) is 31.5. The second-order valence-electron chi connectivity index (χ2n) is 11.1. The van der Waals surface area contributed by atoms with Gasteiger partial charge < -0.3 is 38.1 Å². The van der Waals surface area contributed by atoms with Crippen LogP contribution < -0.4 is 18.9 Å². The molecular formula is C33H40N2O9. The van der Waals surface area contributed by atoms with Crippen LogP contribution in [0.25, 0.3) is 10.9 Å². The van der Waals surface area contributed by atoms with E-state index < -0.39 is 59.6 Å². The van der Waals surface area contributed by atoms with Crippen LogP contribution >= 0.6 is 0 Å². The first-order valence-electron chi connectivity index (χ1n) is 17.4. The maximum atomic E-state index is 13.8. The molecule has 0 spiro atoms. The number of fused-ring (bicyclic) bond motifs is 6. The van der Waals surface area contributed by atoms with Gasteiger partial charge >= 0.3 is 11.9 Å². The second kappa shape index (κ2) is 12.2. The minimum absolute atomic E-state index is 0.0134. The summed E-state index contributed by atoms with van der Waals surface area (Å²) >= 11 is 0. The summed E-state index contributed by atoms with van der Waals surface area (Å²) in [6, 6.07) is -2.56. The van der Waals surface area contributed by atoms with Crippen molar-refractivity contribution in [2.45, 2.75) is 37.5 Å². The number of nitrogens with zero attached hydrogens (tertiary/aromatic N) is 1. The number of carbonyl (C=O) groups is 2. The second-order valence-corrected chi connectivity index (χ2v) is 11.1. The van der Waals surface area contributed by atoms with Gasteiger partial charge in [0.1, 0.15) is 18.0 Å². The van der Waals surface area contributed by atoms with E-state index in [1.165, 1.54) is 42.7 Å². The number of nitrogens with one attached hydrogen (secondary N) is 1. The summed E-state index contributed by atoms with van der Waals surface area (Å²) in [7, 11) is 7.93. The van der Waals surface area contributed by atoms with Gasteiger partial charge in [-0.1, -0.05) is 0 Å². The lowest BCUT2D eigenvalue weighted by molar-refractivity contribution is -0.176. The van der Waals surface area contributed by atoms with E-state index in [-0.39, 0.29) is 59.9 Å². The van der Waals surface area contributed by atoms with Crippen molar-refractivity contribution < 1.29 is 51.0 Å². The first kappa shape index (κ1) is 23.4. The van der Waals surface area contributed by atoms with Gasteiger partial charge in [0.05, 0.1) is 61.3 Å². The molecule has 3 heterocycles. The van der Waals surface area contributed by atoms with Crippen LogP contribution in [0, 0.1) is 17.8 Å². The van der Waals surface area contributed by atoms with E-state index in [4.69, 9.17) is 40.0 Å². The number of H-pyrrole nitrogens is 1. The third-order valence-corrected chi connectivity index (χ3v) is 9.07. The van der Waals surface area contributed by atoms with E-state index in [0.717, 1.165) is 0 Å². The molecule has 11 nitrogen and oxygen atoms in total. The molecule has 0 amide bonds. The highest BCUT2D eigenvalue weighted by Crippen LogP contribution is 2.51. The molecule has 6 rings (SSSR count). The topological polar surface area (TPSA) is 118 Å². The number of hydrogen-bond donors (Lipinski definition) is 1. The molecule has 0 unspecified atom stereocenters. The summed E-state index contributed by atoms with van der Waals surface area (Å²) in [5, 5.41) is 0.424. The van der Waals surface area contributed by atoms with Crippen LogP contribution in [-0.4, -0.2) is 89.8 Å². The summed E-state index contributed by atoms with van der Waals surface area (Å²) in [5.74, 6) is -3.52. The molecule has 11 heteroatoms. The highest BCUT2D eigenvalue weighted by Gasteiger charge is 2.54. The maximum Gasteiger partial charge on any atom is 0.338 e. The van der Waals surface area contributed by atoms with Crippen molar-refractivity contribution in [2.75, 3.05) is 55.7 Å². The van der Waals surface area contributed by atoms with Gasteiger partial charge in [0.15, 0.2) is 11.5 Å². The zero-order chi connectivity index (χ0) is 36.4. The van der Waals surface area contributed by atoms with Crippen molar-refractivity contribution in [3.05, 3.63) is 47.0 Å². The minimum Gasteiger partial charge on any atom is -0.497 e. The normalized spacial score (nSPS) is 29.7. The lowest BCUT2D eigenvalue weighted by atomic mass is 9.63. The molecule has 236 valence electrons. The molecule has 1 saturated carbocycles. The number of esters is 2. The van der Waals surface area contributed by atoms with Crippen LogP contribution in [0.15, 0.2) is 30.2 Å². The Morgan fingerprint density at radius 1 is 0.977 bits per heavy atom. The van der Waals surface area contributed by atoms with Gasteiger partial charge in [0.2, 0.25) is 5.75 Å². The molecule has 1 aliphatic carbocycles. The maximum absolute atomic E-state index is 13.8. The molecule has 0 bridgehead atoms. The number of piperidine rings is 1. The molecule has 2 fully saturated rings. The number of ether oxygens (including phenoxy) is 7.